The molecule has 234 valence electrons. The quantitative estimate of drug-likeness (QED) is 0.283. The second-order valence-corrected chi connectivity index (χ2v) is 11.5. The van der Waals surface area contributed by atoms with Crippen LogP contribution in [0, 0.1) is 0 Å². The number of rotatable bonds is 11. The zero-order chi connectivity index (χ0) is 29.7. The zero-order valence-electron chi connectivity index (χ0n) is 24.9. The molecule has 4 saturated heterocycles. The summed E-state index contributed by atoms with van der Waals surface area (Å²) >= 11 is 0. The topological polar surface area (TPSA) is 86.4 Å². The van der Waals surface area contributed by atoms with E-state index in [9.17, 15) is 0 Å². The van der Waals surface area contributed by atoms with Gasteiger partial charge in [0.25, 0.3) is 0 Å². The highest BCUT2D eigenvalue weighted by Gasteiger charge is 2.57. The first-order chi connectivity index (χ1) is 21.8. The molecular weight excluding hydrogens is 564 g/mol. The number of hydrogen-bond donors (Lipinski definition) is 0. The lowest BCUT2D eigenvalue weighted by molar-refractivity contribution is -0.377. The molecule has 0 amide bonds. The van der Waals surface area contributed by atoms with Gasteiger partial charge in [-0.15, -0.1) is 0 Å². The van der Waals surface area contributed by atoms with Crippen LogP contribution in [0.5, 0.6) is 0 Å². The molecule has 9 nitrogen and oxygen atoms in total. The van der Waals surface area contributed by atoms with Crippen LogP contribution in [0.1, 0.15) is 36.3 Å². The van der Waals surface area contributed by atoms with Gasteiger partial charge in [-0.2, -0.15) is 0 Å². The Balaban J connectivity index is 1.16. The predicted octanol–water partition coefficient (Wildman–Crippen LogP) is 4.93. The Hall–Kier alpha value is -2.70. The summed E-state index contributed by atoms with van der Waals surface area (Å²) in [4.78, 5) is 0. The molecule has 7 rings (SSSR count). The lowest BCUT2D eigenvalue weighted by Crippen LogP contribution is -2.64. The molecule has 0 aromatic heterocycles. The van der Waals surface area contributed by atoms with Crippen molar-refractivity contribution in [1.82, 2.24) is 0 Å². The van der Waals surface area contributed by atoms with Crippen LogP contribution in [-0.4, -0.2) is 75.1 Å². The van der Waals surface area contributed by atoms with Crippen molar-refractivity contribution in [3.05, 3.63) is 108 Å². The molecule has 4 fully saturated rings. The van der Waals surface area contributed by atoms with E-state index in [2.05, 4.69) is 0 Å². The monoisotopic (exact) mass is 604 g/mol. The Morgan fingerprint density at radius 3 is 1.98 bits per heavy atom. The first-order valence-corrected chi connectivity index (χ1v) is 15.6. The van der Waals surface area contributed by atoms with Crippen LogP contribution in [-0.2, 0) is 55.8 Å². The molecule has 44 heavy (non-hydrogen) atoms. The maximum absolute atomic E-state index is 6.74. The van der Waals surface area contributed by atoms with Crippen LogP contribution in [0.2, 0.25) is 0 Å². The molecule has 0 aliphatic carbocycles. The van der Waals surface area contributed by atoms with Gasteiger partial charge in [-0.05, 0) is 24.5 Å². The third kappa shape index (κ3) is 6.92. The van der Waals surface area contributed by atoms with E-state index in [0.717, 1.165) is 16.7 Å². The predicted molar refractivity (Wildman–Crippen MR) is 158 cm³/mol. The van der Waals surface area contributed by atoms with Crippen LogP contribution < -0.4 is 0 Å². The van der Waals surface area contributed by atoms with Crippen molar-refractivity contribution in [2.75, 3.05) is 19.8 Å². The van der Waals surface area contributed by atoms with Gasteiger partial charge < -0.3 is 42.6 Å². The molecular formula is C35H40O9. The maximum Gasteiger partial charge on any atom is 0.187 e. The number of epoxide rings is 1. The Bertz CT molecular complexity index is 1300. The molecule has 0 N–H and O–H groups in total. The molecule has 9 heteroatoms. The van der Waals surface area contributed by atoms with Gasteiger partial charge in [0.1, 0.15) is 36.6 Å². The Morgan fingerprint density at radius 2 is 1.30 bits per heavy atom. The maximum atomic E-state index is 6.74. The lowest BCUT2D eigenvalue weighted by Gasteiger charge is -2.49. The molecule has 0 radical (unpaired) electrons. The SMILES string of the molecule is CCOC1OCCC(OC2OC3COC(c4ccccc4)OC3C(OCc3ccccc3)C2OCc2ccccc2)C2OC12. The first kappa shape index (κ1) is 30.0. The van der Waals surface area contributed by atoms with E-state index >= 15 is 0 Å². The fourth-order valence-electron chi connectivity index (χ4n) is 6.17. The minimum absolute atomic E-state index is 0.143. The van der Waals surface area contributed by atoms with Crippen molar-refractivity contribution >= 4 is 0 Å². The van der Waals surface area contributed by atoms with Crippen LogP contribution >= 0.6 is 0 Å². The normalized spacial score (nSPS) is 34.8. The third-order valence-corrected chi connectivity index (χ3v) is 8.45. The average Bonchev–Trinajstić information content (AvgIpc) is 3.89. The lowest BCUT2D eigenvalue weighted by atomic mass is 9.96. The summed E-state index contributed by atoms with van der Waals surface area (Å²) in [7, 11) is 0. The van der Waals surface area contributed by atoms with Crippen molar-refractivity contribution in [2.24, 2.45) is 0 Å². The van der Waals surface area contributed by atoms with Crippen LogP contribution in [0.15, 0.2) is 91.0 Å². The molecule has 0 saturated carbocycles. The minimum Gasteiger partial charge on any atom is -0.368 e. The van der Waals surface area contributed by atoms with Crippen LogP contribution in [0.4, 0.5) is 0 Å². The highest BCUT2D eigenvalue weighted by atomic mass is 16.8. The molecule has 3 aromatic rings. The van der Waals surface area contributed by atoms with Crippen LogP contribution in [0.3, 0.4) is 0 Å². The molecule has 10 atom stereocenters. The van der Waals surface area contributed by atoms with Crippen molar-refractivity contribution in [1.29, 1.82) is 0 Å². The van der Waals surface area contributed by atoms with E-state index in [-0.39, 0.29) is 18.3 Å². The summed E-state index contributed by atoms with van der Waals surface area (Å²) in [5.41, 5.74) is 3.03. The van der Waals surface area contributed by atoms with Gasteiger partial charge in [0, 0.05) is 12.2 Å². The average molecular weight is 605 g/mol. The second-order valence-electron chi connectivity index (χ2n) is 11.5. The van der Waals surface area contributed by atoms with E-state index in [0.29, 0.717) is 39.5 Å². The van der Waals surface area contributed by atoms with Gasteiger partial charge in [-0.1, -0.05) is 91.0 Å². The second kappa shape index (κ2) is 14.2. The van der Waals surface area contributed by atoms with E-state index < -0.39 is 43.3 Å². The number of benzene rings is 3. The summed E-state index contributed by atoms with van der Waals surface area (Å²) in [5.74, 6) is 0. The summed E-state index contributed by atoms with van der Waals surface area (Å²) < 4.78 is 57.2. The van der Waals surface area contributed by atoms with Gasteiger partial charge >= 0.3 is 0 Å². The highest BCUT2D eigenvalue weighted by molar-refractivity contribution is 5.17. The number of hydrogen-bond acceptors (Lipinski definition) is 9. The zero-order valence-corrected chi connectivity index (χ0v) is 24.9. The molecule has 4 aliphatic rings. The van der Waals surface area contributed by atoms with Gasteiger partial charge in [0.05, 0.1) is 32.5 Å². The van der Waals surface area contributed by atoms with Gasteiger partial charge in [-0.25, -0.2) is 0 Å². The highest BCUT2D eigenvalue weighted by Crippen LogP contribution is 2.41. The van der Waals surface area contributed by atoms with Crippen LogP contribution in [0.25, 0.3) is 0 Å². The largest absolute Gasteiger partial charge is 0.368 e. The fourth-order valence-corrected chi connectivity index (χ4v) is 6.17. The smallest absolute Gasteiger partial charge is 0.187 e. The number of ether oxygens (including phenoxy) is 9. The molecule has 0 spiro atoms. The van der Waals surface area contributed by atoms with E-state index in [1.54, 1.807) is 0 Å². The Kier molecular flexibility index (Phi) is 9.65. The molecule has 3 aromatic carbocycles. The van der Waals surface area contributed by atoms with E-state index in [4.69, 9.17) is 42.6 Å². The minimum atomic E-state index is -0.750. The fraction of sp³-hybridized carbons (Fsp3) is 0.486. The van der Waals surface area contributed by atoms with E-state index in [1.165, 1.54) is 0 Å². The Morgan fingerprint density at radius 1 is 0.636 bits per heavy atom. The van der Waals surface area contributed by atoms with Crippen molar-refractivity contribution < 1.29 is 42.6 Å². The van der Waals surface area contributed by atoms with E-state index in [1.807, 2.05) is 97.9 Å². The van der Waals surface area contributed by atoms with Crippen molar-refractivity contribution in [3.63, 3.8) is 0 Å². The van der Waals surface area contributed by atoms with Gasteiger partial charge in [-0.3, -0.25) is 0 Å². The Labute approximate surface area is 258 Å². The molecule has 4 heterocycles. The van der Waals surface area contributed by atoms with Crippen molar-refractivity contribution in [3.8, 4) is 0 Å². The summed E-state index contributed by atoms with van der Waals surface area (Å²) in [6.45, 7) is 4.07. The molecule has 0 bridgehead atoms. The molecule has 4 aliphatic heterocycles. The summed E-state index contributed by atoms with van der Waals surface area (Å²) in [5, 5.41) is 0. The standard InChI is InChI=1S/C35H40O9/c1-2-36-34-32-28(43-32)26(18-19-37-34)41-35-31(39-21-24-14-8-4-9-15-24)30(38-20-23-12-6-3-7-13-23)29-27(42-35)22-40-33(44-29)25-16-10-5-11-17-25/h3-17,26-35H,2,18-22H2,1H3. The number of fused-ring (bicyclic) bond motifs is 2. The summed E-state index contributed by atoms with van der Waals surface area (Å²) in [6, 6.07) is 30.1. The van der Waals surface area contributed by atoms with Gasteiger partial charge in [0.15, 0.2) is 18.9 Å². The van der Waals surface area contributed by atoms with Crippen molar-refractivity contribution in [2.45, 2.75) is 88.2 Å². The molecule has 10 unspecified atom stereocenters. The third-order valence-electron chi connectivity index (χ3n) is 8.45. The summed E-state index contributed by atoms with van der Waals surface area (Å²) in [6.07, 6.45) is -3.60. The first-order valence-electron chi connectivity index (χ1n) is 15.6. The van der Waals surface area contributed by atoms with Gasteiger partial charge in [0.2, 0.25) is 0 Å².